The molecule has 182 valence electrons. The number of H-pyrrole nitrogens is 1. The van der Waals surface area contributed by atoms with Gasteiger partial charge in [-0.3, -0.25) is 9.69 Å². The van der Waals surface area contributed by atoms with Gasteiger partial charge in [0.2, 0.25) is 0 Å². The van der Waals surface area contributed by atoms with E-state index in [0.29, 0.717) is 43.3 Å². The number of rotatable bonds is 9. The molecule has 2 aromatic carbocycles. The van der Waals surface area contributed by atoms with Crippen LogP contribution in [0.15, 0.2) is 53.3 Å². The fourth-order valence-electron chi connectivity index (χ4n) is 4.39. The maximum atomic E-state index is 13.5. The van der Waals surface area contributed by atoms with Crippen LogP contribution < -0.4 is 10.3 Å². The molecule has 0 amide bonds. The summed E-state index contributed by atoms with van der Waals surface area (Å²) in [6, 6.07) is 13.8. The Kier molecular flexibility index (Phi) is 6.82. The molecule has 1 saturated heterocycles. The number of aromatic nitrogens is 5. The highest BCUT2D eigenvalue weighted by Gasteiger charge is 2.21. The number of benzene rings is 2. The fraction of sp³-hybridized carbons (Fsp3) is 0.360. The average molecular weight is 479 g/mol. The molecule has 2 aromatic heterocycles. The average Bonchev–Trinajstić information content (AvgIpc) is 3.53. The zero-order chi connectivity index (χ0) is 24.2. The SMILES string of the molecule is COc1ccc2[nH]c(=O)c(CN(Cc3ccc(F)cc3)Cc3nnnn3C[C@H]3CCCO3)cc2c1. The largest absolute Gasteiger partial charge is 0.497 e. The molecule has 0 bridgehead atoms. The van der Waals surface area contributed by atoms with Gasteiger partial charge < -0.3 is 14.5 Å². The summed E-state index contributed by atoms with van der Waals surface area (Å²) < 4.78 is 26.3. The molecular formula is C25H27FN6O3. The second-order valence-corrected chi connectivity index (χ2v) is 8.76. The molecule has 10 heteroatoms. The van der Waals surface area contributed by atoms with E-state index in [0.717, 1.165) is 35.9 Å². The Labute approximate surface area is 201 Å². The van der Waals surface area contributed by atoms with E-state index < -0.39 is 0 Å². The summed E-state index contributed by atoms with van der Waals surface area (Å²) in [6.45, 7) is 2.60. The molecule has 1 fully saturated rings. The van der Waals surface area contributed by atoms with E-state index in [1.165, 1.54) is 12.1 Å². The van der Waals surface area contributed by atoms with Crippen LogP contribution in [-0.2, 0) is 30.9 Å². The van der Waals surface area contributed by atoms with Crippen LogP contribution >= 0.6 is 0 Å². The number of aromatic amines is 1. The molecule has 1 N–H and O–H groups in total. The van der Waals surface area contributed by atoms with Crippen molar-refractivity contribution in [3.05, 3.63) is 81.7 Å². The molecule has 0 saturated carbocycles. The summed E-state index contributed by atoms with van der Waals surface area (Å²) in [7, 11) is 1.61. The van der Waals surface area contributed by atoms with Crippen LogP contribution in [0.3, 0.4) is 0 Å². The summed E-state index contributed by atoms with van der Waals surface area (Å²) in [5.74, 6) is 1.11. The molecule has 4 aromatic rings. The van der Waals surface area contributed by atoms with Crippen molar-refractivity contribution >= 4 is 10.9 Å². The lowest BCUT2D eigenvalue weighted by atomic mass is 10.1. The molecule has 35 heavy (non-hydrogen) atoms. The van der Waals surface area contributed by atoms with Crippen LogP contribution in [-0.4, -0.2) is 49.9 Å². The first-order valence-corrected chi connectivity index (χ1v) is 11.6. The highest BCUT2D eigenvalue weighted by molar-refractivity contribution is 5.80. The monoisotopic (exact) mass is 478 g/mol. The zero-order valence-electron chi connectivity index (χ0n) is 19.5. The number of hydrogen-bond donors (Lipinski definition) is 1. The van der Waals surface area contributed by atoms with Crippen molar-refractivity contribution in [2.75, 3.05) is 13.7 Å². The van der Waals surface area contributed by atoms with Crippen molar-refractivity contribution in [1.29, 1.82) is 0 Å². The second-order valence-electron chi connectivity index (χ2n) is 8.76. The third-order valence-electron chi connectivity index (χ3n) is 6.21. The van der Waals surface area contributed by atoms with E-state index in [2.05, 4.69) is 25.4 Å². The highest BCUT2D eigenvalue weighted by atomic mass is 19.1. The van der Waals surface area contributed by atoms with Gasteiger partial charge in [-0.2, -0.15) is 0 Å². The smallest absolute Gasteiger partial charge is 0.252 e. The van der Waals surface area contributed by atoms with E-state index in [9.17, 15) is 9.18 Å². The first-order chi connectivity index (χ1) is 17.1. The Morgan fingerprint density at radius 3 is 2.80 bits per heavy atom. The van der Waals surface area contributed by atoms with Crippen LogP contribution in [0.1, 0.15) is 29.8 Å². The van der Waals surface area contributed by atoms with Crippen LogP contribution in [0.2, 0.25) is 0 Å². The molecule has 0 radical (unpaired) electrons. The van der Waals surface area contributed by atoms with Crippen molar-refractivity contribution in [2.24, 2.45) is 0 Å². The number of nitrogens with one attached hydrogen (secondary N) is 1. The number of hydrogen-bond acceptors (Lipinski definition) is 7. The number of methoxy groups -OCH3 is 1. The highest BCUT2D eigenvalue weighted by Crippen LogP contribution is 2.20. The van der Waals surface area contributed by atoms with Crippen molar-refractivity contribution in [3.63, 3.8) is 0 Å². The lowest BCUT2D eigenvalue weighted by molar-refractivity contribution is 0.0914. The molecule has 1 atom stereocenters. The lowest BCUT2D eigenvalue weighted by Crippen LogP contribution is -2.29. The van der Waals surface area contributed by atoms with E-state index in [4.69, 9.17) is 9.47 Å². The van der Waals surface area contributed by atoms with Crippen molar-refractivity contribution in [1.82, 2.24) is 30.1 Å². The molecular weight excluding hydrogens is 451 g/mol. The number of ether oxygens (including phenoxy) is 2. The lowest BCUT2D eigenvalue weighted by Gasteiger charge is -2.22. The minimum absolute atomic E-state index is 0.0983. The van der Waals surface area contributed by atoms with E-state index in [1.807, 2.05) is 24.3 Å². The Morgan fingerprint density at radius 2 is 2.03 bits per heavy atom. The van der Waals surface area contributed by atoms with Gasteiger partial charge in [0.05, 0.1) is 26.3 Å². The van der Waals surface area contributed by atoms with Gasteiger partial charge in [0, 0.05) is 36.2 Å². The van der Waals surface area contributed by atoms with Gasteiger partial charge in [0.1, 0.15) is 11.6 Å². The molecule has 3 heterocycles. The summed E-state index contributed by atoms with van der Waals surface area (Å²) in [6.07, 6.45) is 2.11. The van der Waals surface area contributed by atoms with Crippen LogP contribution in [0.5, 0.6) is 5.75 Å². The Morgan fingerprint density at radius 1 is 1.17 bits per heavy atom. The normalized spacial score (nSPS) is 15.8. The fourth-order valence-corrected chi connectivity index (χ4v) is 4.39. The van der Waals surface area contributed by atoms with Crippen LogP contribution in [0.4, 0.5) is 4.39 Å². The number of fused-ring (bicyclic) bond motifs is 1. The Bertz CT molecular complexity index is 1350. The van der Waals surface area contributed by atoms with Gasteiger partial charge in [-0.05, 0) is 65.2 Å². The summed E-state index contributed by atoms with van der Waals surface area (Å²) in [5.41, 5.74) is 2.10. The van der Waals surface area contributed by atoms with E-state index >= 15 is 0 Å². The first kappa shape index (κ1) is 23.1. The minimum Gasteiger partial charge on any atom is -0.497 e. The maximum absolute atomic E-state index is 13.5. The zero-order valence-corrected chi connectivity index (χ0v) is 19.5. The van der Waals surface area contributed by atoms with Crippen molar-refractivity contribution in [3.8, 4) is 5.75 Å². The van der Waals surface area contributed by atoms with E-state index in [1.54, 1.807) is 23.9 Å². The molecule has 9 nitrogen and oxygen atoms in total. The van der Waals surface area contributed by atoms with Gasteiger partial charge in [0.15, 0.2) is 5.82 Å². The summed E-state index contributed by atoms with van der Waals surface area (Å²) in [5, 5.41) is 13.1. The standard InChI is InChI=1S/C25H27FN6O3/c1-34-21-8-9-23-18(12-21)11-19(25(33)27-23)14-31(13-17-4-6-20(26)7-5-17)16-24-28-29-30-32(24)15-22-3-2-10-35-22/h4-9,11-12,22H,2-3,10,13-16H2,1H3,(H,27,33)/t22-/m1/s1. The number of halogens is 1. The van der Waals surface area contributed by atoms with Gasteiger partial charge in [-0.15, -0.1) is 5.10 Å². The van der Waals surface area contributed by atoms with Crippen molar-refractivity contribution < 1.29 is 13.9 Å². The quantitative estimate of drug-likeness (QED) is 0.395. The third kappa shape index (κ3) is 5.55. The van der Waals surface area contributed by atoms with Gasteiger partial charge in [-0.1, -0.05) is 12.1 Å². The predicted octanol–water partition coefficient (Wildman–Crippen LogP) is 3.04. The topological polar surface area (TPSA) is 98.2 Å². The summed E-state index contributed by atoms with van der Waals surface area (Å²) >= 11 is 0. The first-order valence-electron chi connectivity index (χ1n) is 11.6. The van der Waals surface area contributed by atoms with Crippen molar-refractivity contribution in [2.45, 2.75) is 45.1 Å². The van der Waals surface area contributed by atoms with Gasteiger partial charge >= 0.3 is 0 Å². The Balaban J connectivity index is 1.43. The third-order valence-corrected chi connectivity index (χ3v) is 6.21. The summed E-state index contributed by atoms with van der Waals surface area (Å²) in [4.78, 5) is 17.9. The molecule has 1 aliphatic rings. The van der Waals surface area contributed by atoms with Gasteiger partial charge in [-0.25, -0.2) is 9.07 Å². The number of tetrazole rings is 1. The van der Waals surface area contributed by atoms with Crippen LogP contribution in [0, 0.1) is 5.82 Å². The molecule has 0 spiro atoms. The Hall–Kier alpha value is -3.63. The molecule has 0 aliphatic carbocycles. The molecule has 5 rings (SSSR count). The van der Waals surface area contributed by atoms with Gasteiger partial charge in [0.25, 0.3) is 5.56 Å². The predicted molar refractivity (Wildman–Crippen MR) is 127 cm³/mol. The van der Waals surface area contributed by atoms with E-state index in [-0.39, 0.29) is 17.5 Å². The second kappa shape index (κ2) is 10.3. The molecule has 1 aliphatic heterocycles. The molecule has 0 unspecified atom stereocenters. The number of nitrogens with zero attached hydrogens (tertiary/aromatic N) is 5. The number of pyridine rings is 1. The van der Waals surface area contributed by atoms with Crippen LogP contribution in [0.25, 0.3) is 10.9 Å². The minimum atomic E-state index is -0.291. The maximum Gasteiger partial charge on any atom is 0.252 e.